The third-order valence-corrected chi connectivity index (χ3v) is 2.98. The molecule has 1 nitrogen and oxygen atoms in total. The predicted octanol–water partition coefficient (Wildman–Crippen LogP) is 4.23. The van der Waals surface area contributed by atoms with Gasteiger partial charge in [0.2, 0.25) is 0 Å². The van der Waals surface area contributed by atoms with Gasteiger partial charge in [0, 0.05) is 17.3 Å². The summed E-state index contributed by atoms with van der Waals surface area (Å²) in [6, 6.07) is 4.30. The Morgan fingerprint density at radius 1 is 1.40 bits per heavy atom. The maximum absolute atomic E-state index is 13.0. The van der Waals surface area contributed by atoms with Crippen molar-refractivity contribution in [2.45, 2.75) is 19.3 Å². The average Bonchev–Trinajstić information content (AvgIpc) is 2.22. The number of Topliss-reactive ketones (excluding diaryl/α,β-unsaturated/α-hetero) is 1. The Balaban J connectivity index is 2.69. The lowest BCUT2D eigenvalue weighted by Crippen LogP contribution is -2.01. The molecule has 0 aliphatic carbocycles. The topological polar surface area (TPSA) is 17.1 Å². The summed E-state index contributed by atoms with van der Waals surface area (Å²) in [5.74, 6) is -0.636. The second-order valence-corrected chi connectivity index (χ2v) is 4.34. The van der Waals surface area contributed by atoms with Gasteiger partial charge in [-0.1, -0.05) is 33.6 Å². The van der Waals surface area contributed by atoms with Crippen molar-refractivity contribution in [1.82, 2.24) is 0 Å². The number of rotatable bonds is 5. The first-order valence-electron chi connectivity index (χ1n) is 4.70. The molecule has 0 aliphatic heterocycles. The van der Waals surface area contributed by atoms with Crippen LogP contribution in [0.4, 0.5) is 4.39 Å². The van der Waals surface area contributed by atoms with Gasteiger partial charge in [-0.3, -0.25) is 4.79 Å². The van der Waals surface area contributed by atoms with Crippen molar-refractivity contribution in [1.29, 1.82) is 0 Å². The van der Waals surface area contributed by atoms with Crippen LogP contribution in [-0.2, 0) is 0 Å². The molecular formula is C11H11BrClFO. The Bertz CT molecular complexity index is 354. The SMILES string of the molecule is O=C(CCCCBr)c1cccc(F)c1Cl. The van der Waals surface area contributed by atoms with Crippen LogP contribution in [0.1, 0.15) is 29.6 Å². The van der Waals surface area contributed by atoms with Crippen LogP contribution in [0.5, 0.6) is 0 Å². The predicted molar refractivity (Wildman–Crippen MR) is 63.4 cm³/mol. The highest BCUT2D eigenvalue weighted by Crippen LogP contribution is 2.21. The number of halogens is 3. The van der Waals surface area contributed by atoms with Crippen LogP contribution < -0.4 is 0 Å². The molecule has 0 atom stereocenters. The number of carbonyl (C=O) groups excluding carboxylic acids is 1. The van der Waals surface area contributed by atoms with Crippen LogP contribution in [-0.4, -0.2) is 11.1 Å². The quantitative estimate of drug-likeness (QED) is 0.451. The molecule has 0 saturated heterocycles. The Labute approximate surface area is 102 Å². The third-order valence-electron chi connectivity index (χ3n) is 2.04. The van der Waals surface area contributed by atoms with Gasteiger partial charge in [0.15, 0.2) is 5.78 Å². The first-order valence-corrected chi connectivity index (χ1v) is 6.20. The van der Waals surface area contributed by atoms with Gasteiger partial charge in [0.1, 0.15) is 5.82 Å². The molecule has 1 aromatic carbocycles. The van der Waals surface area contributed by atoms with E-state index in [9.17, 15) is 9.18 Å². The summed E-state index contributed by atoms with van der Waals surface area (Å²) in [6.07, 6.45) is 2.13. The van der Waals surface area contributed by atoms with Gasteiger partial charge < -0.3 is 0 Å². The first kappa shape index (κ1) is 12.7. The maximum atomic E-state index is 13.0. The number of benzene rings is 1. The molecule has 0 aliphatic rings. The molecule has 0 saturated carbocycles. The van der Waals surface area contributed by atoms with Crippen molar-refractivity contribution >= 4 is 33.3 Å². The minimum atomic E-state index is -0.539. The molecule has 0 N–H and O–H groups in total. The van der Waals surface area contributed by atoms with Crippen LogP contribution in [0.15, 0.2) is 18.2 Å². The fourth-order valence-corrected chi connectivity index (χ4v) is 1.86. The summed E-state index contributed by atoms with van der Waals surface area (Å²) < 4.78 is 13.0. The van der Waals surface area contributed by atoms with Crippen molar-refractivity contribution in [2.24, 2.45) is 0 Å². The molecule has 0 radical (unpaired) electrons. The molecule has 0 bridgehead atoms. The third kappa shape index (κ3) is 3.58. The zero-order valence-electron chi connectivity index (χ0n) is 8.10. The molecule has 1 rings (SSSR count). The van der Waals surface area contributed by atoms with E-state index in [0.29, 0.717) is 6.42 Å². The largest absolute Gasteiger partial charge is 0.294 e. The average molecular weight is 294 g/mol. The van der Waals surface area contributed by atoms with Crippen molar-refractivity contribution in [2.75, 3.05) is 5.33 Å². The Morgan fingerprint density at radius 2 is 2.13 bits per heavy atom. The van der Waals surface area contributed by atoms with Gasteiger partial charge in [0.05, 0.1) is 5.02 Å². The van der Waals surface area contributed by atoms with E-state index in [-0.39, 0.29) is 16.4 Å². The van der Waals surface area contributed by atoms with E-state index < -0.39 is 5.82 Å². The van der Waals surface area contributed by atoms with Crippen molar-refractivity contribution in [3.63, 3.8) is 0 Å². The summed E-state index contributed by atoms with van der Waals surface area (Å²) in [5, 5.41) is 0.804. The molecule has 1 aromatic rings. The summed E-state index contributed by atoms with van der Waals surface area (Å²) in [6.45, 7) is 0. The summed E-state index contributed by atoms with van der Waals surface area (Å²) in [7, 11) is 0. The highest BCUT2D eigenvalue weighted by atomic mass is 79.9. The number of hydrogen-bond acceptors (Lipinski definition) is 1. The van der Waals surface area contributed by atoms with Gasteiger partial charge in [0.25, 0.3) is 0 Å². The van der Waals surface area contributed by atoms with Gasteiger partial charge >= 0.3 is 0 Å². The smallest absolute Gasteiger partial charge is 0.164 e. The Hall–Kier alpha value is -0.410. The van der Waals surface area contributed by atoms with Crippen LogP contribution in [0.3, 0.4) is 0 Å². The van der Waals surface area contributed by atoms with Crippen molar-refractivity contribution in [3.8, 4) is 0 Å². The standard InChI is InChI=1S/C11H11BrClFO/c12-7-2-1-6-10(15)8-4-3-5-9(14)11(8)13/h3-5H,1-2,6-7H2. The summed E-state index contributed by atoms with van der Waals surface area (Å²) >= 11 is 8.98. The Morgan fingerprint density at radius 3 is 2.80 bits per heavy atom. The Kier molecular flexibility index (Phi) is 5.26. The van der Waals surface area contributed by atoms with Crippen LogP contribution >= 0.6 is 27.5 Å². The zero-order valence-corrected chi connectivity index (χ0v) is 10.4. The molecular weight excluding hydrogens is 282 g/mol. The van der Waals surface area contributed by atoms with E-state index in [1.807, 2.05) is 0 Å². The van der Waals surface area contributed by atoms with E-state index in [1.54, 1.807) is 6.07 Å². The van der Waals surface area contributed by atoms with Crippen molar-refractivity contribution in [3.05, 3.63) is 34.6 Å². The summed E-state index contributed by atoms with van der Waals surface area (Å²) in [5.41, 5.74) is 0.284. The molecule has 0 heterocycles. The minimum Gasteiger partial charge on any atom is -0.294 e. The lowest BCUT2D eigenvalue weighted by molar-refractivity contribution is 0.0979. The number of unbranched alkanes of at least 4 members (excludes halogenated alkanes) is 1. The van der Waals surface area contributed by atoms with E-state index in [2.05, 4.69) is 15.9 Å². The van der Waals surface area contributed by atoms with Gasteiger partial charge in [-0.05, 0) is 25.0 Å². The van der Waals surface area contributed by atoms with Gasteiger partial charge in [-0.2, -0.15) is 0 Å². The molecule has 0 aromatic heterocycles. The van der Waals surface area contributed by atoms with Crippen LogP contribution in [0.2, 0.25) is 5.02 Å². The molecule has 15 heavy (non-hydrogen) atoms. The summed E-state index contributed by atoms with van der Waals surface area (Å²) in [4.78, 5) is 11.6. The number of alkyl halides is 1. The highest BCUT2D eigenvalue weighted by molar-refractivity contribution is 9.09. The fraction of sp³-hybridized carbons (Fsp3) is 0.364. The fourth-order valence-electron chi connectivity index (χ4n) is 1.23. The minimum absolute atomic E-state index is 0.0682. The molecule has 4 heteroatoms. The maximum Gasteiger partial charge on any atom is 0.164 e. The monoisotopic (exact) mass is 292 g/mol. The number of ketones is 1. The van der Waals surface area contributed by atoms with E-state index >= 15 is 0 Å². The molecule has 0 unspecified atom stereocenters. The number of hydrogen-bond donors (Lipinski definition) is 0. The molecule has 0 spiro atoms. The second-order valence-electron chi connectivity index (χ2n) is 3.17. The second kappa shape index (κ2) is 6.23. The van der Waals surface area contributed by atoms with Gasteiger partial charge in [-0.25, -0.2) is 4.39 Å². The van der Waals surface area contributed by atoms with Gasteiger partial charge in [-0.15, -0.1) is 0 Å². The van der Waals surface area contributed by atoms with Crippen molar-refractivity contribution < 1.29 is 9.18 Å². The molecule has 82 valence electrons. The zero-order chi connectivity index (χ0) is 11.3. The first-order chi connectivity index (χ1) is 7.16. The molecule has 0 fully saturated rings. The van der Waals surface area contributed by atoms with E-state index in [4.69, 9.17) is 11.6 Å². The van der Waals surface area contributed by atoms with Crippen LogP contribution in [0.25, 0.3) is 0 Å². The lowest BCUT2D eigenvalue weighted by Gasteiger charge is -2.03. The molecule has 0 amide bonds. The normalized spacial score (nSPS) is 10.3. The lowest BCUT2D eigenvalue weighted by atomic mass is 10.1. The van der Waals surface area contributed by atoms with E-state index in [0.717, 1.165) is 18.2 Å². The highest BCUT2D eigenvalue weighted by Gasteiger charge is 2.12. The van der Waals surface area contributed by atoms with Crippen LogP contribution in [0, 0.1) is 5.82 Å². The number of carbonyl (C=O) groups is 1. The van der Waals surface area contributed by atoms with E-state index in [1.165, 1.54) is 12.1 Å².